The highest BCUT2D eigenvalue weighted by molar-refractivity contribution is 7.92. The average molecular weight is 328 g/mol. The lowest BCUT2D eigenvalue weighted by Gasteiger charge is -2.34. The summed E-state index contributed by atoms with van der Waals surface area (Å²) >= 11 is 0. The molecule has 0 spiro atoms. The molecule has 0 radical (unpaired) electrons. The van der Waals surface area contributed by atoms with Gasteiger partial charge >= 0.3 is 0 Å². The molecule has 0 aliphatic carbocycles. The van der Waals surface area contributed by atoms with Crippen molar-refractivity contribution in [3.63, 3.8) is 0 Å². The fraction of sp³-hybridized carbons (Fsp3) is 0.714. The highest BCUT2D eigenvalue weighted by Gasteiger charge is 2.48. The molecule has 1 amide bonds. The van der Waals surface area contributed by atoms with Crippen molar-refractivity contribution in [3.8, 4) is 0 Å². The maximum absolute atomic E-state index is 12.6. The summed E-state index contributed by atoms with van der Waals surface area (Å²) in [7, 11) is -3.51. The van der Waals surface area contributed by atoms with Gasteiger partial charge in [-0.25, -0.2) is 8.42 Å². The number of piperidine rings is 1. The first-order chi connectivity index (χ1) is 10.1. The number of aromatic nitrogens is 2. The highest BCUT2D eigenvalue weighted by atomic mass is 32.2. The van der Waals surface area contributed by atoms with Gasteiger partial charge in [0.05, 0.1) is 17.4 Å². The van der Waals surface area contributed by atoms with E-state index in [2.05, 4.69) is 15.7 Å². The molecule has 0 atom stereocenters. The summed E-state index contributed by atoms with van der Waals surface area (Å²) in [6.45, 7) is 7.02. The van der Waals surface area contributed by atoms with Gasteiger partial charge in [-0.2, -0.15) is 5.10 Å². The number of rotatable bonds is 3. The molecule has 0 saturated carbocycles. The fourth-order valence-electron chi connectivity index (χ4n) is 2.60. The average Bonchev–Trinajstić information content (AvgIpc) is 2.86. The molecule has 1 aliphatic heterocycles. The van der Waals surface area contributed by atoms with E-state index in [-0.39, 0.29) is 18.4 Å². The van der Waals surface area contributed by atoms with Crippen molar-refractivity contribution in [1.82, 2.24) is 15.1 Å². The minimum absolute atomic E-state index is 0.202. The van der Waals surface area contributed by atoms with Gasteiger partial charge in [0.2, 0.25) is 5.91 Å². The van der Waals surface area contributed by atoms with E-state index in [9.17, 15) is 13.2 Å². The van der Waals surface area contributed by atoms with E-state index in [1.165, 1.54) is 0 Å². The Hall–Kier alpha value is -1.41. The largest absolute Gasteiger partial charge is 0.322 e. The van der Waals surface area contributed by atoms with Crippen molar-refractivity contribution in [3.05, 3.63) is 12.4 Å². The smallest absolute Gasteiger partial charge is 0.246 e. The molecule has 0 unspecified atom stereocenters. The fourth-order valence-corrected chi connectivity index (χ4v) is 3.93. The third-order valence-electron chi connectivity index (χ3n) is 4.06. The van der Waals surface area contributed by atoms with Gasteiger partial charge in [-0.15, -0.1) is 0 Å². The normalized spacial score (nSPS) is 18.9. The Morgan fingerprint density at radius 3 is 2.41 bits per heavy atom. The van der Waals surface area contributed by atoms with Crippen LogP contribution < -0.4 is 10.6 Å². The number of anilines is 1. The SMILES string of the molecule is CC(C)(C)n1cc(NC(=O)C2(S(C)(=O)=O)CCNCC2)cn1. The molecule has 8 heteroatoms. The van der Waals surface area contributed by atoms with Crippen LogP contribution in [0, 0.1) is 0 Å². The van der Waals surface area contributed by atoms with Crippen LogP contribution in [0.1, 0.15) is 33.6 Å². The molecule has 2 N–H and O–H groups in total. The van der Waals surface area contributed by atoms with Crippen LogP contribution in [0.2, 0.25) is 0 Å². The van der Waals surface area contributed by atoms with Crippen molar-refractivity contribution in [2.24, 2.45) is 0 Å². The van der Waals surface area contributed by atoms with Crippen molar-refractivity contribution >= 4 is 21.4 Å². The molecule has 1 aromatic rings. The van der Waals surface area contributed by atoms with E-state index in [1.54, 1.807) is 17.1 Å². The molecule has 1 aliphatic rings. The molecule has 2 heterocycles. The van der Waals surface area contributed by atoms with Gasteiger partial charge in [-0.05, 0) is 46.7 Å². The Morgan fingerprint density at radius 2 is 1.95 bits per heavy atom. The van der Waals surface area contributed by atoms with Crippen molar-refractivity contribution < 1.29 is 13.2 Å². The van der Waals surface area contributed by atoms with E-state index >= 15 is 0 Å². The monoisotopic (exact) mass is 328 g/mol. The first-order valence-corrected chi connectivity index (χ1v) is 9.22. The minimum atomic E-state index is -3.51. The van der Waals surface area contributed by atoms with Gasteiger partial charge in [0.15, 0.2) is 14.6 Å². The van der Waals surface area contributed by atoms with E-state index in [0.29, 0.717) is 18.8 Å². The van der Waals surface area contributed by atoms with Crippen LogP contribution in [0.25, 0.3) is 0 Å². The second-order valence-electron chi connectivity index (χ2n) is 6.81. The molecule has 1 saturated heterocycles. The predicted molar refractivity (Wildman–Crippen MR) is 85.5 cm³/mol. The quantitative estimate of drug-likeness (QED) is 0.854. The molecule has 0 aromatic carbocycles. The number of hydrogen-bond acceptors (Lipinski definition) is 5. The molecular weight excluding hydrogens is 304 g/mol. The summed E-state index contributed by atoms with van der Waals surface area (Å²) < 4.78 is 24.8. The van der Waals surface area contributed by atoms with Gasteiger partial charge in [-0.1, -0.05) is 0 Å². The van der Waals surface area contributed by atoms with Crippen LogP contribution in [0.5, 0.6) is 0 Å². The number of nitrogens with zero attached hydrogens (tertiary/aromatic N) is 2. The van der Waals surface area contributed by atoms with Crippen LogP contribution in [-0.2, 0) is 20.2 Å². The molecule has 1 aromatic heterocycles. The van der Waals surface area contributed by atoms with Gasteiger partial charge in [0.25, 0.3) is 0 Å². The van der Waals surface area contributed by atoms with Crippen molar-refractivity contribution in [2.75, 3.05) is 24.7 Å². The molecule has 124 valence electrons. The zero-order valence-corrected chi connectivity index (χ0v) is 14.3. The second-order valence-corrected chi connectivity index (χ2v) is 9.14. The molecule has 1 fully saturated rings. The number of amides is 1. The number of carbonyl (C=O) groups is 1. The Labute approximate surface area is 131 Å². The topological polar surface area (TPSA) is 93.1 Å². The lowest BCUT2D eigenvalue weighted by molar-refractivity contribution is -0.119. The summed E-state index contributed by atoms with van der Waals surface area (Å²) in [6, 6.07) is 0. The van der Waals surface area contributed by atoms with Gasteiger partial charge < -0.3 is 10.6 Å². The Morgan fingerprint density at radius 1 is 1.36 bits per heavy atom. The highest BCUT2D eigenvalue weighted by Crippen LogP contribution is 2.29. The van der Waals surface area contributed by atoms with Gasteiger partial charge in [0, 0.05) is 12.5 Å². The zero-order valence-electron chi connectivity index (χ0n) is 13.5. The van der Waals surface area contributed by atoms with Crippen LogP contribution in [0.4, 0.5) is 5.69 Å². The number of nitrogens with one attached hydrogen (secondary N) is 2. The lowest BCUT2D eigenvalue weighted by Crippen LogP contribution is -2.55. The summed E-state index contributed by atoms with van der Waals surface area (Å²) in [5, 5.41) is 10.0. The third-order valence-corrected chi connectivity index (χ3v) is 6.08. The maximum atomic E-state index is 12.6. The number of sulfone groups is 1. The third kappa shape index (κ3) is 3.17. The number of carbonyl (C=O) groups excluding carboxylic acids is 1. The summed E-state index contributed by atoms with van der Waals surface area (Å²) in [6.07, 6.45) is 4.96. The Kier molecular flexibility index (Phi) is 4.36. The predicted octanol–water partition coefficient (Wildman–Crippen LogP) is 0.743. The van der Waals surface area contributed by atoms with Crippen LogP contribution in [0.3, 0.4) is 0 Å². The lowest BCUT2D eigenvalue weighted by atomic mass is 9.96. The van der Waals surface area contributed by atoms with Crippen molar-refractivity contribution in [2.45, 2.75) is 43.9 Å². The first-order valence-electron chi connectivity index (χ1n) is 7.33. The van der Waals surface area contributed by atoms with Gasteiger partial charge in [-0.3, -0.25) is 9.48 Å². The Bertz CT molecular complexity index is 652. The second kappa shape index (κ2) is 5.66. The zero-order chi connectivity index (χ0) is 16.6. The summed E-state index contributed by atoms with van der Waals surface area (Å²) in [4.78, 5) is 12.6. The van der Waals surface area contributed by atoms with E-state index in [4.69, 9.17) is 0 Å². The molecule has 7 nitrogen and oxygen atoms in total. The van der Waals surface area contributed by atoms with E-state index < -0.39 is 20.5 Å². The maximum Gasteiger partial charge on any atom is 0.246 e. The molecule has 2 rings (SSSR count). The summed E-state index contributed by atoms with van der Waals surface area (Å²) in [5.41, 5.74) is 0.313. The minimum Gasteiger partial charge on any atom is -0.322 e. The molecular formula is C14H24N4O3S. The Balaban J connectivity index is 2.24. The van der Waals surface area contributed by atoms with Crippen LogP contribution >= 0.6 is 0 Å². The van der Waals surface area contributed by atoms with Gasteiger partial charge in [0.1, 0.15) is 0 Å². The number of hydrogen-bond donors (Lipinski definition) is 2. The van der Waals surface area contributed by atoms with E-state index in [1.807, 2.05) is 20.8 Å². The van der Waals surface area contributed by atoms with Crippen molar-refractivity contribution in [1.29, 1.82) is 0 Å². The van der Waals surface area contributed by atoms with E-state index in [0.717, 1.165) is 6.26 Å². The first kappa shape index (κ1) is 17.0. The molecule has 0 bridgehead atoms. The summed E-state index contributed by atoms with van der Waals surface area (Å²) in [5.74, 6) is -0.468. The standard InChI is InChI=1S/C14H24N4O3S/c1-13(2,3)18-10-11(9-16-18)17-12(19)14(22(4,20)21)5-7-15-8-6-14/h9-10,15H,5-8H2,1-4H3,(H,17,19). The van der Waals surface area contributed by atoms with Crippen LogP contribution in [0.15, 0.2) is 12.4 Å². The molecule has 22 heavy (non-hydrogen) atoms. The van der Waals surface area contributed by atoms with Crippen LogP contribution in [-0.4, -0.2) is 48.2 Å².